The molecule has 0 aliphatic carbocycles. The minimum absolute atomic E-state index is 0.489. The van der Waals surface area contributed by atoms with Gasteiger partial charge in [0.15, 0.2) is 5.03 Å². The molecule has 0 radical (unpaired) electrons. The highest BCUT2D eigenvalue weighted by Gasteiger charge is 2.24. The van der Waals surface area contributed by atoms with Gasteiger partial charge in [-0.1, -0.05) is 11.6 Å². The quantitative estimate of drug-likeness (QED) is 0.827. The van der Waals surface area contributed by atoms with E-state index in [9.17, 15) is 4.21 Å². The number of nitrogens with zero attached hydrogens (tertiary/aromatic N) is 3. The highest BCUT2D eigenvalue weighted by atomic mass is 35.5. The standard InChI is InChI=1S/C11H18ClN3OS/c1-8(2)14-5-4-6-15-9(7-14)10(12)11(13-15)17(3)16/h8H,4-7H2,1-3H3. The van der Waals surface area contributed by atoms with E-state index < -0.39 is 10.8 Å². The first-order chi connectivity index (χ1) is 8.00. The van der Waals surface area contributed by atoms with Crippen LogP contribution in [0.4, 0.5) is 0 Å². The van der Waals surface area contributed by atoms with E-state index in [-0.39, 0.29) is 0 Å². The van der Waals surface area contributed by atoms with E-state index in [1.807, 2.05) is 4.68 Å². The molecule has 1 aliphatic rings. The van der Waals surface area contributed by atoms with Gasteiger partial charge in [0.1, 0.15) is 0 Å². The van der Waals surface area contributed by atoms with Crippen LogP contribution >= 0.6 is 11.6 Å². The highest BCUT2D eigenvalue weighted by molar-refractivity contribution is 7.84. The summed E-state index contributed by atoms with van der Waals surface area (Å²) >= 11 is 6.28. The van der Waals surface area contributed by atoms with E-state index >= 15 is 0 Å². The average molecular weight is 276 g/mol. The van der Waals surface area contributed by atoms with Crippen molar-refractivity contribution >= 4 is 22.4 Å². The van der Waals surface area contributed by atoms with E-state index in [4.69, 9.17) is 11.6 Å². The zero-order valence-corrected chi connectivity index (χ0v) is 12.0. The highest BCUT2D eigenvalue weighted by Crippen LogP contribution is 2.27. The summed E-state index contributed by atoms with van der Waals surface area (Å²) in [5.74, 6) is 0. The van der Waals surface area contributed by atoms with Crippen LogP contribution in [0.5, 0.6) is 0 Å². The monoisotopic (exact) mass is 275 g/mol. The molecule has 1 atom stereocenters. The fraction of sp³-hybridized carbons (Fsp3) is 0.727. The number of fused-ring (bicyclic) bond motifs is 1. The van der Waals surface area contributed by atoms with Gasteiger partial charge in [-0.15, -0.1) is 0 Å². The van der Waals surface area contributed by atoms with Crippen molar-refractivity contribution in [3.63, 3.8) is 0 Å². The van der Waals surface area contributed by atoms with Gasteiger partial charge in [-0.25, -0.2) is 0 Å². The van der Waals surface area contributed by atoms with Crippen LogP contribution < -0.4 is 0 Å². The van der Waals surface area contributed by atoms with Crippen LogP contribution in [0.3, 0.4) is 0 Å². The second-order valence-electron chi connectivity index (χ2n) is 4.66. The van der Waals surface area contributed by atoms with Crippen molar-refractivity contribution in [1.29, 1.82) is 0 Å². The molecule has 6 heteroatoms. The summed E-state index contributed by atoms with van der Waals surface area (Å²) in [5, 5.41) is 5.46. The Kier molecular flexibility index (Phi) is 3.90. The molecule has 0 bridgehead atoms. The predicted molar refractivity (Wildman–Crippen MR) is 69.7 cm³/mol. The van der Waals surface area contributed by atoms with Gasteiger partial charge in [0, 0.05) is 31.9 Å². The van der Waals surface area contributed by atoms with Crippen molar-refractivity contribution in [3.8, 4) is 0 Å². The Morgan fingerprint density at radius 3 is 2.71 bits per heavy atom. The van der Waals surface area contributed by atoms with Gasteiger partial charge in [-0.3, -0.25) is 13.8 Å². The summed E-state index contributed by atoms with van der Waals surface area (Å²) in [4.78, 5) is 2.37. The molecule has 2 rings (SSSR count). The normalized spacial score (nSPS) is 19.1. The average Bonchev–Trinajstić information content (AvgIpc) is 2.47. The fourth-order valence-corrected chi connectivity index (χ4v) is 3.21. The fourth-order valence-electron chi connectivity index (χ4n) is 2.11. The molecule has 96 valence electrons. The number of aromatic nitrogens is 2. The van der Waals surface area contributed by atoms with Crippen molar-refractivity contribution in [2.24, 2.45) is 0 Å². The Balaban J connectivity index is 2.37. The van der Waals surface area contributed by atoms with E-state index in [2.05, 4.69) is 23.8 Å². The molecule has 1 aromatic heterocycles. The maximum Gasteiger partial charge on any atom is 0.167 e. The topological polar surface area (TPSA) is 38.1 Å². The van der Waals surface area contributed by atoms with Gasteiger partial charge in [0.2, 0.25) is 0 Å². The molecular weight excluding hydrogens is 258 g/mol. The van der Waals surface area contributed by atoms with Crippen LogP contribution in [0.2, 0.25) is 5.02 Å². The molecule has 1 unspecified atom stereocenters. The molecule has 1 aromatic rings. The summed E-state index contributed by atoms with van der Waals surface area (Å²) in [6.45, 7) is 7.07. The van der Waals surface area contributed by atoms with Gasteiger partial charge in [0.25, 0.3) is 0 Å². The van der Waals surface area contributed by atoms with Crippen LogP contribution in [0.1, 0.15) is 26.0 Å². The SMILES string of the molecule is CC(C)N1CCCn2nc(S(C)=O)c(Cl)c2C1. The summed E-state index contributed by atoms with van der Waals surface area (Å²) in [7, 11) is -1.12. The van der Waals surface area contributed by atoms with E-state index in [1.165, 1.54) is 0 Å². The lowest BCUT2D eigenvalue weighted by Gasteiger charge is -2.23. The summed E-state index contributed by atoms with van der Waals surface area (Å²) < 4.78 is 13.4. The molecule has 2 heterocycles. The van der Waals surface area contributed by atoms with Gasteiger partial charge >= 0.3 is 0 Å². The lowest BCUT2D eigenvalue weighted by Crippen LogP contribution is -2.30. The van der Waals surface area contributed by atoms with E-state index in [0.29, 0.717) is 16.1 Å². The number of rotatable bonds is 2. The summed E-state index contributed by atoms with van der Waals surface area (Å²) in [6, 6.07) is 0.489. The first-order valence-electron chi connectivity index (χ1n) is 5.83. The van der Waals surface area contributed by atoms with Crippen LogP contribution in [0, 0.1) is 0 Å². The Morgan fingerprint density at radius 1 is 1.41 bits per heavy atom. The third kappa shape index (κ3) is 2.56. The molecule has 0 saturated carbocycles. The molecular formula is C11H18ClN3OS. The minimum atomic E-state index is -1.12. The maximum absolute atomic E-state index is 11.5. The zero-order valence-electron chi connectivity index (χ0n) is 10.4. The predicted octanol–water partition coefficient (Wildman–Crippen LogP) is 1.89. The van der Waals surface area contributed by atoms with Crippen molar-refractivity contribution in [2.75, 3.05) is 12.8 Å². The molecule has 0 N–H and O–H groups in total. The molecule has 0 spiro atoms. The van der Waals surface area contributed by atoms with E-state index in [0.717, 1.165) is 31.7 Å². The minimum Gasteiger partial charge on any atom is -0.295 e. The maximum atomic E-state index is 11.5. The lowest BCUT2D eigenvalue weighted by molar-refractivity contribution is 0.216. The van der Waals surface area contributed by atoms with Gasteiger partial charge in [-0.2, -0.15) is 5.10 Å². The van der Waals surface area contributed by atoms with Crippen LogP contribution in [0.15, 0.2) is 5.03 Å². The third-order valence-corrected chi connectivity index (χ3v) is 4.47. The molecule has 0 aromatic carbocycles. The van der Waals surface area contributed by atoms with Gasteiger partial charge in [0.05, 0.1) is 21.5 Å². The largest absolute Gasteiger partial charge is 0.295 e. The Bertz CT molecular complexity index is 444. The van der Waals surface area contributed by atoms with Crippen molar-refractivity contribution in [2.45, 2.75) is 44.4 Å². The Hall–Kier alpha value is -0.390. The lowest BCUT2D eigenvalue weighted by atomic mass is 10.3. The zero-order chi connectivity index (χ0) is 12.6. The smallest absolute Gasteiger partial charge is 0.167 e. The van der Waals surface area contributed by atoms with Gasteiger partial charge < -0.3 is 0 Å². The summed E-state index contributed by atoms with van der Waals surface area (Å²) in [6.07, 6.45) is 2.67. The van der Waals surface area contributed by atoms with Crippen molar-refractivity contribution in [1.82, 2.24) is 14.7 Å². The number of hydrogen-bond donors (Lipinski definition) is 0. The molecule has 1 aliphatic heterocycles. The van der Waals surface area contributed by atoms with Crippen molar-refractivity contribution in [3.05, 3.63) is 10.7 Å². The Labute approximate surface area is 109 Å². The second-order valence-corrected chi connectivity index (χ2v) is 6.33. The summed E-state index contributed by atoms with van der Waals surface area (Å²) in [5.41, 5.74) is 1.00. The van der Waals surface area contributed by atoms with Crippen molar-refractivity contribution < 1.29 is 4.21 Å². The van der Waals surface area contributed by atoms with Gasteiger partial charge in [-0.05, 0) is 20.3 Å². The van der Waals surface area contributed by atoms with E-state index in [1.54, 1.807) is 6.26 Å². The first kappa shape index (κ1) is 13.1. The molecule has 0 fully saturated rings. The van der Waals surface area contributed by atoms with Crippen LogP contribution in [0.25, 0.3) is 0 Å². The molecule has 4 nitrogen and oxygen atoms in total. The molecule has 0 amide bonds. The molecule has 0 saturated heterocycles. The number of aryl methyl sites for hydroxylation is 1. The third-order valence-electron chi connectivity index (χ3n) is 3.13. The second kappa shape index (κ2) is 5.08. The number of hydrogen-bond acceptors (Lipinski definition) is 3. The Morgan fingerprint density at radius 2 is 2.12 bits per heavy atom. The molecule has 17 heavy (non-hydrogen) atoms. The number of halogens is 1. The van der Waals surface area contributed by atoms with Crippen LogP contribution in [-0.2, 0) is 23.9 Å². The first-order valence-corrected chi connectivity index (χ1v) is 7.77. The van der Waals surface area contributed by atoms with Crippen LogP contribution in [-0.4, -0.2) is 37.7 Å².